The molecular weight excluding hydrogens is 219 g/mol. The van der Waals surface area contributed by atoms with Crippen molar-refractivity contribution in [3.63, 3.8) is 0 Å². The molecule has 3 nitrogen and oxygen atoms in total. The van der Waals surface area contributed by atoms with Crippen molar-refractivity contribution in [2.24, 2.45) is 0 Å². The maximum absolute atomic E-state index is 12.4. The van der Waals surface area contributed by atoms with Crippen LogP contribution in [0.3, 0.4) is 0 Å². The number of aryl methyl sites for hydroxylation is 1. The van der Waals surface area contributed by atoms with Crippen LogP contribution in [0.25, 0.3) is 0 Å². The molecule has 2 heterocycles. The summed E-state index contributed by atoms with van der Waals surface area (Å²) in [5.74, 6) is -0.730. The van der Waals surface area contributed by atoms with E-state index in [1.54, 1.807) is 6.92 Å². The van der Waals surface area contributed by atoms with Gasteiger partial charge in [-0.15, -0.1) is 0 Å². The molecule has 0 spiro atoms. The molecule has 0 atom stereocenters. The normalized spacial score (nSPS) is 19.0. The molecule has 0 saturated carbocycles. The van der Waals surface area contributed by atoms with Gasteiger partial charge in [0, 0.05) is 11.6 Å². The third kappa shape index (κ3) is 2.21. The number of hydrogen-bond acceptors (Lipinski definition) is 2. The first kappa shape index (κ1) is 11.4. The highest BCUT2D eigenvalue weighted by Crippen LogP contribution is 2.32. The molecule has 6 heteroatoms. The van der Waals surface area contributed by atoms with Gasteiger partial charge < -0.3 is 10.3 Å². The first-order chi connectivity index (χ1) is 7.48. The number of aromatic nitrogens is 2. The van der Waals surface area contributed by atoms with Gasteiger partial charge in [-0.1, -0.05) is 0 Å². The second kappa shape index (κ2) is 4.08. The molecule has 90 valence electrons. The molecule has 0 unspecified atom stereocenters. The molecule has 2 rings (SSSR count). The van der Waals surface area contributed by atoms with Gasteiger partial charge in [0.25, 0.3) is 0 Å². The summed E-state index contributed by atoms with van der Waals surface area (Å²) in [4.78, 5) is 6.02. The Bertz CT molecular complexity index is 364. The molecule has 2 N–H and O–H groups in total. The molecule has 0 aliphatic carbocycles. The second-order valence-corrected chi connectivity index (χ2v) is 4.12. The molecule has 0 bridgehead atoms. The molecular formula is C10H14F3N3. The maximum atomic E-state index is 12.4. The zero-order chi connectivity index (χ0) is 11.8. The Labute approximate surface area is 91.5 Å². The monoisotopic (exact) mass is 233 g/mol. The molecule has 1 aromatic rings. The van der Waals surface area contributed by atoms with Crippen LogP contribution < -0.4 is 5.32 Å². The number of halogens is 3. The lowest BCUT2D eigenvalue weighted by atomic mass is 9.94. The van der Waals surface area contributed by atoms with Crippen LogP contribution in [-0.2, 0) is 6.18 Å². The Morgan fingerprint density at radius 3 is 2.38 bits per heavy atom. The van der Waals surface area contributed by atoms with Crippen LogP contribution in [-0.4, -0.2) is 23.1 Å². The summed E-state index contributed by atoms with van der Waals surface area (Å²) in [7, 11) is 0. The van der Waals surface area contributed by atoms with E-state index >= 15 is 0 Å². The average molecular weight is 233 g/mol. The van der Waals surface area contributed by atoms with Gasteiger partial charge >= 0.3 is 6.18 Å². The largest absolute Gasteiger partial charge is 0.449 e. The fourth-order valence-corrected chi connectivity index (χ4v) is 2.10. The zero-order valence-corrected chi connectivity index (χ0v) is 8.99. The van der Waals surface area contributed by atoms with E-state index in [1.165, 1.54) is 0 Å². The third-order valence-electron chi connectivity index (χ3n) is 2.92. The van der Waals surface area contributed by atoms with Crippen LogP contribution in [0.2, 0.25) is 0 Å². The highest BCUT2D eigenvalue weighted by atomic mass is 19.4. The summed E-state index contributed by atoms with van der Waals surface area (Å²) in [6.07, 6.45) is -2.68. The van der Waals surface area contributed by atoms with Gasteiger partial charge in [0.2, 0.25) is 5.82 Å². The molecule has 1 aliphatic rings. The predicted molar refractivity (Wildman–Crippen MR) is 53.2 cm³/mol. The van der Waals surface area contributed by atoms with E-state index in [9.17, 15) is 13.2 Å². The number of rotatable bonds is 1. The zero-order valence-electron chi connectivity index (χ0n) is 8.99. The SMILES string of the molecule is Cc1[nH]c(C(F)(F)F)nc1C1CCNCC1. The predicted octanol–water partition coefficient (Wildman–Crippen LogP) is 2.20. The Hall–Kier alpha value is -1.04. The minimum absolute atomic E-state index is 0.147. The van der Waals surface area contributed by atoms with Crippen molar-refractivity contribution in [1.29, 1.82) is 0 Å². The van der Waals surface area contributed by atoms with Gasteiger partial charge in [-0.05, 0) is 32.9 Å². The van der Waals surface area contributed by atoms with E-state index in [0.717, 1.165) is 25.9 Å². The summed E-state index contributed by atoms with van der Waals surface area (Å²) < 4.78 is 37.3. The smallest absolute Gasteiger partial charge is 0.338 e. The second-order valence-electron chi connectivity index (χ2n) is 4.12. The molecule has 1 fully saturated rings. The molecule has 0 amide bonds. The van der Waals surface area contributed by atoms with Crippen LogP contribution in [0.1, 0.15) is 36.0 Å². The van der Waals surface area contributed by atoms with Crippen LogP contribution in [0.5, 0.6) is 0 Å². The van der Waals surface area contributed by atoms with Crippen LogP contribution in [0.15, 0.2) is 0 Å². The van der Waals surface area contributed by atoms with Crippen molar-refractivity contribution in [2.75, 3.05) is 13.1 Å². The first-order valence-electron chi connectivity index (χ1n) is 5.33. The van der Waals surface area contributed by atoms with E-state index in [1.807, 2.05) is 0 Å². The van der Waals surface area contributed by atoms with E-state index in [0.29, 0.717) is 11.4 Å². The molecule has 0 radical (unpaired) electrons. The van der Waals surface area contributed by atoms with E-state index < -0.39 is 12.0 Å². The molecule has 1 saturated heterocycles. The number of H-pyrrole nitrogens is 1. The van der Waals surface area contributed by atoms with Gasteiger partial charge in [-0.2, -0.15) is 13.2 Å². The number of imidazole rings is 1. The van der Waals surface area contributed by atoms with Crippen molar-refractivity contribution in [3.05, 3.63) is 17.2 Å². The van der Waals surface area contributed by atoms with Crippen LogP contribution >= 0.6 is 0 Å². The summed E-state index contributed by atoms with van der Waals surface area (Å²) in [6.45, 7) is 3.34. The van der Waals surface area contributed by atoms with Gasteiger partial charge in [-0.25, -0.2) is 4.98 Å². The quantitative estimate of drug-likeness (QED) is 0.780. The fourth-order valence-electron chi connectivity index (χ4n) is 2.10. The van der Waals surface area contributed by atoms with Crippen LogP contribution in [0, 0.1) is 6.92 Å². The minimum Gasteiger partial charge on any atom is -0.338 e. The number of hydrogen-bond donors (Lipinski definition) is 2. The highest BCUT2D eigenvalue weighted by Gasteiger charge is 2.36. The van der Waals surface area contributed by atoms with Gasteiger partial charge in [0.1, 0.15) is 0 Å². The lowest BCUT2D eigenvalue weighted by Gasteiger charge is -2.21. The number of aromatic amines is 1. The first-order valence-corrected chi connectivity index (χ1v) is 5.33. The summed E-state index contributed by atoms with van der Waals surface area (Å²) in [6, 6.07) is 0. The summed E-state index contributed by atoms with van der Waals surface area (Å²) in [5.41, 5.74) is 1.12. The molecule has 1 aromatic heterocycles. The Kier molecular flexibility index (Phi) is 2.92. The average Bonchev–Trinajstić information content (AvgIpc) is 2.61. The third-order valence-corrected chi connectivity index (χ3v) is 2.92. The Balaban J connectivity index is 2.24. The lowest BCUT2D eigenvalue weighted by molar-refractivity contribution is -0.144. The van der Waals surface area contributed by atoms with Crippen molar-refractivity contribution < 1.29 is 13.2 Å². The van der Waals surface area contributed by atoms with Gasteiger partial charge in [0.05, 0.1) is 5.69 Å². The van der Waals surface area contributed by atoms with Crippen molar-refractivity contribution in [2.45, 2.75) is 31.9 Å². The maximum Gasteiger partial charge on any atom is 0.449 e. The number of alkyl halides is 3. The minimum atomic E-state index is -4.38. The number of nitrogens with one attached hydrogen (secondary N) is 2. The molecule has 16 heavy (non-hydrogen) atoms. The van der Waals surface area contributed by atoms with Crippen LogP contribution in [0.4, 0.5) is 13.2 Å². The number of nitrogens with zero attached hydrogens (tertiary/aromatic N) is 1. The van der Waals surface area contributed by atoms with E-state index in [2.05, 4.69) is 15.3 Å². The summed E-state index contributed by atoms with van der Waals surface area (Å²) in [5, 5.41) is 3.18. The topological polar surface area (TPSA) is 40.7 Å². The van der Waals surface area contributed by atoms with Gasteiger partial charge in [0.15, 0.2) is 0 Å². The fraction of sp³-hybridized carbons (Fsp3) is 0.700. The Morgan fingerprint density at radius 1 is 1.25 bits per heavy atom. The molecule has 0 aromatic carbocycles. The van der Waals surface area contributed by atoms with E-state index in [4.69, 9.17) is 0 Å². The Morgan fingerprint density at radius 2 is 1.88 bits per heavy atom. The van der Waals surface area contributed by atoms with Gasteiger partial charge in [-0.3, -0.25) is 0 Å². The summed E-state index contributed by atoms with van der Waals surface area (Å²) >= 11 is 0. The highest BCUT2D eigenvalue weighted by molar-refractivity contribution is 5.19. The van der Waals surface area contributed by atoms with Crippen molar-refractivity contribution >= 4 is 0 Å². The number of piperidine rings is 1. The lowest BCUT2D eigenvalue weighted by Crippen LogP contribution is -2.27. The van der Waals surface area contributed by atoms with Crippen molar-refractivity contribution in [3.8, 4) is 0 Å². The van der Waals surface area contributed by atoms with Crippen molar-refractivity contribution in [1.82, 2.24) is 15.3 Å². The van der Waals surface area contributed by atoms with E-state index in [-0.39, 0.29) is 5.92 Å². The standard InChI is InChI=1S/C10H14F3N3/c1-6-8(7-2-4-14-5-3-7)16-9(15-6)10(11,12)13/h7,14H,2-5H2,1H3,(H,15,16). The molecule has 1 aliphatic heterocycles.